The van der Waals surface area contributed by atoms with Crippen LogP contribution in [0.4, 0.5) is 18.9 Å². The first kappa shape index (κ1) is 29.3. The number of ether oxygens (including phenoxy) is 2. The van der Waals surface area contributed by atoms with Crippen LogP contribution in [0.2, 0.25) is 5.02 Å². The number of rotatable bonds is 7. The van der Waals surface area contributed by atoms with Gasteiger partial charge in [-0.25, -0.2) is 0 Å². The molecule has 0 saturated carbocycles. The lowest BCUT2D eigenvalue weighted by atomic mass is 9.92. The van der Waals surface area contributed by atoms with Gasteiger partial charge in [0.25, 0.3) is 5.56 Å². The van der Waals surface area contributed by atoms with Gasteiger partial charge in [0, 0.05) is 54.1 Å². The zero-order valence-electron chi connectivity index (χ0n) is 21.6. The largest absolute Gasteiger partial charge is 0.414 e. The lowest BCUT2D eigenvalue weighted by Crippen LogP contribution is -2.37. The number of pyridine rings is 1. The molecule has 12 heteroatoms. The van der Waals surface area contributed by atoms with E-state index in [4.69, 9.17) is 26.8 Å². The standard InChI is InChI=1S/C28H27ClF3N3O5/c1-15(39-2)9-23(27(38)34-20-7-4-16(5-8-20)26(33)37)35-13-18-14-40-24(28(30,31)32)10-17-3-6-19(29)11-21(17)22(18)12-25(35)36/h3-8,11-13,15,23-24H,9-10,14H2,1-2H3,(H2,33,37)(H,34,38)/t15-,23-,24-/m0/s1. The molecule has 0 saturated heterocycles. The number of primary amides is 1. The van der Waals surface area contributed by atoms with E-state index in [-0.39, 0.29) is 17.5 Å². The van der Waals surface area contributed by atoms with Gasteiger partial charge in [-0.15, -0.1) is 0 Å². The number of halogens is 4. The SMILES string of the molecule is CO[C@@H](C)C[C@@H](C(=O)Nc1ccc(C(N)=O)cc1)n1cc2c(cc1=O)-c1cc(Cl)ccc1C[C@@H](C(F)(F)F)OC2. The van der Waals surface area contributed by atoms with Crippen molar-refractivity contribution >= 4 is 29.1 Å². The van der Waals surface area contributed by atoms with Gasteiger partial charge < -0.3 is 25.1 Å². The highest BCUT2D eigenvalue weighted by atomic mass is 35.5. The highest BCUT2D eigenvalue weighted by Gasteiger charge is 2.42. The van der Waals surface area contributed by atoms with E-state index in [0.717, 1.165) is 0 Å². The molecule has 1 aromatic heterocycles. The lowest BCUT2D eigenvalue weighted by molar-refractivity contribution is -0.223. The molecule has 3 N–H and O–H groups in total. The summed E-state index contributed by atoms with van der Waals surface area (Å²) in [5.41, 5.74) is 6.69. The van der Waals surface area contributed by atoms with Crippen LogP contribution in [0, 0.1) is 0 Å². The molecular weight excluding hydrogens is 551 g/mol. The fraction of sp³-hybridized carbons (Fsp3) is 0.321. The Bertz CT molecular complexity index is 1470. The Morgan fingerprint density at radius 2 is 1.82 bits per heavy atom. The molecule has 3 atom stereocenters. The summed E-state index contributed by atoms with van der Waals surface area (Å²) in [7, 11) is 1.46. The van der Waals surface area contributed by atoms with Crippen molar-refractivity contribution in [1.82, 2.24) is 4.57 Å². The highest BCUT2D eigenvalue weighted by molar-refractivity contribution is 6.30. The molecule has 0 aliphatic carbocycles. The molecule has 0 bridgehead atoms. The van der Waals surface area contributed by atoms with Gasteiger partial charge in [0.2, 0.25) is 11.8 Å². The summed E-state index contributed by atoms with van der Waals surface area (Å²) in [6.45, 7) is 1.27. The molecule has 1 aliphatic rings. The molecule has 212 valence electrons. The number of fused-ring (bicyclic) bond motifs is 3. The molecule has 1 aliphatic heterocycles. The molecule has 40 heavy (non-hydrogen) atoms. The summed E-state index contributed by atoms with van der Waals surface area (Å²) in [6, 6.07) is 10.5. The van der Waals surface area contributed by atoms with Crippen LogP contribution in [0.15, 0.2) is 59.5 Å². The number of carbonyl (C=O) groups excluding carboxylic acids is 2. The zero-order chi connectivity index (χ0) is 29.2. The summed E-state index contributed by atoms with van der Waals surface area (Å²) in [5.74, 6) is -1.20. The number of methoxy groups -OCH3 is 1. The minimum absolute atomic E-state index is 0.0782. The normalized spacial score (nSPS) is 16.6. The van der Waals surface area contributed by atoms with Crippen LogP contribution in [0.5, 0.6) is 0 Å². The Balaban J connectivity index is 1.77. The number of amides is 2. The van der Waals surface area contributed by atoms with Gasteiger partial charge in [0.05, 0.1) is 12.7 Å². The van der Waals surface area contributed by atoms with Crippen molar-refractivity contribution < 1.29 is 32.2 Å². The van der Waals surface area contributed by atoms with E-state index < -0.39 is 54.8 Å². The van der Waals surface area contributed by atoms with Crippen molar-refractivity contribution in [2.75, 3.05) is 12.4 Å². The van der Waals surface area contributed by atoms with Crippen LogP contribution >= 0.6 is 11.6 Å². The number of hydrogen-bond acceptors (Lipinski definition) is 5. The number of nitrogens with one attached hydrogen (secondary N) is 1. The Kier molecular flexibility index (Phi) is 8.67. The molecule has 8 nitrogen and oxygen atoms in total. The predicted octanol–water partition coefficient (Wildman–Crippen LogP) is 4.88. The number of hydrogen-bond donors (Lipinski definition) is 2. The first-order chi connectivity index (χ1) is 18.9. The van der Waals surface area contributed by atoms with E-state index in [2.05, 4.69) is 5.32 Å². The van der Waals surface area contributed by atoms with E-state index in [0.29, 0.717) is 27.4 Å². The van der Waals surface area contributed by atoms with Crippen LogP contribution in [0.1, 0.15) is 40.9 Å². The van der Waals surface area contributed by atoms with Crippen LogP contribution in [0.25, 0.3) is 11.1 Å². The molecule has 0 spiro atoms. The first-order valence-corrected chi connectivity index (χ1v) is 12.7. The summed E-state index contributed by atoms with van der Waals surface area (Å²) in [4.78, 5) is 38.2. The Morgan fingerprint density at radius 3 is 2.45 bits per heavy atom. The third-order valence-electron chi connectivity index (χ3n) is 6.77. The zero-order valence-corrected chi connectivity index (χ0v) is 22.4. The van der Waals surface area contributed by atoms with Crippen molar-refractivity contribution in [3.8, 4) is 11.1 Å². The smallest absolute Gasteiger partial charge is 0.382 e. The van der Waals surface area contributed by atoms with E-state index in [9.17, 15) is 27.6 Å². The lowest BCUT2D eigenvalue weighted by Gasteiger charge is -2.28. The number of aromatic nitrogens is 1. The number of anilines is 1. The van der Waals surface area contributed by atoms with Crippen molar-refractivity contribution in [2.45, 2.75) is 50.8 Å². The predicted molar refractivity (Wildman–Crippen MR) is 143 cm³/mol. The fourth-order valence-electron chi connectivity index (χ4n) is 4.54. The molecule has 3 aromatic rings. The van der Waals surface area contributed by atoms with Gasteiger partial charge in [-0.05, 0) is 60.0 Å². The Hall–Kier alpha value is -3.67. The number of nitrogens with zero attached hydrogens (tertiary/aromatic N) is 1. The number of carbonyl (C=O) groups is 2. The van der Waals surface area contributed by atoms with Crippen molar-refractivity contribution in [1.29, 1.82) is 0 Å². The average Bonchev–Trinajstić information content (AvgIpc) is 2.89. The maximum Gasteiger partial charge on any atom is 0.414 e. The van der Waals surface area contributed by atoms with Gasteiger partial charge in [0.15, 0.2) is 6.10 Å². The number of alkyl halides is 3. The Labute approximate surface area is 232 Å². The second-order valence-electron chi connectivity index (χ2n) is 9.53. The second kappa shape index (κ2) is 11.8. The van der Waals surface area contributed by atoms with Gasteiger partial charge in [-0.1, -0.05) is 17.7 Å². The van der Waals surface area contributed by atoms with Crippen molar-refractivity contribution in [3.63, 3.8) is 0 Å². The van der Waals surface area contributed by atoms with E-state index in [1.165, 1.54) is 66.4 Å². The third-order valence-corrected chi connectivity index (χ3v) is 7.00. The maximum absolute atomic E-state index is 13.7. The highest BCUT2D eigenvalue weighted by Crippen LogP contribution is 2.36. The average molecular weight is 578 g/mol. The third kappa shape index (κ3) is 6.55. The van der Waals surface area contributed by atoms with Crippen LogP contribution in [0.3, 0.4) is 0 Å². The summed E-state index contributed by atoms with van der Waals surface area (Å²) in [6.07, 6.45) is -6.16. The number of benzene rings is 2. The summed E-state index contributed by atoms with van der Waals surface area (Å²) < 4.78 is 53.0. The molecule has 2 aromatic carbocycles. The number of nitrogens with two attached hydrogens (primary N) is 1. The molecule has 4 rings (SSSR count). The van der Waals surface area contributed by atoms with Gasteiger partial charge in [-0.2, -0.15) is 13.2 Å². The minimum atomic E-state index is -4.62. The first-order valence-electron chi connectivity index (χ1n) is 12.3. The molecule has 0 unspecified atom stereocenters. The van der Waals surface area contributed by atoms with E-state index in [1.54, 1.807) is 6.92 Å². The van der Waals surface area contributed by atoms with E-state index >= 15 is 0 Å². The quantitative estimate of drug-likeness (QED) is 0.416. The Morgan fingerprint density at radius 1 is 1.15 bits per heavy atom. The maximum atomic E-state index is 13.7. The molecule has 0 fully saturated rings. The van der Waals surface area contributed by atoms with Crippen molar-refractivity contribution in [3.05, 3.63) is 86.8 Å². The van der Waals surface area contributed by atoms with Crippen LogP contribution in [-0.4, -0.2) is 41.9 Å². The summed E-state index contributed by atoms with van der Waals surface area (Å²) >= 11 is 6.17. The molecular formula is C28H27ClF3N3O5. The minimum Gasteiger partial charge on any atom is -0.382 e. The summed E-state index contributed by atoms with van der Waals surface area (Å²) in [5, 5.41) is 3.01. The van der Waals surface area contributed by atoms with Gasteiger partial charge >= 0.3 is 6.18 Å². The fourth-order valence-corrected chi connectivity index (χ4v) is 4.71. The molecule has 2 heterocycles. The molecule has 0 radical (unpaired) electrons. The van der Waals surface area contributed by atoms with E-state index in [1.807, 2.05) is 0 Å². The van der Waals surface area contributed by atoms with Crippen LogP contribution < -0.4 is 16.6 Å². The monoisotopic (exact) mass is 577 g/mol. The topological polar surface area (TPSA) is 113 Å². The van der Waals surface area contributed by atoms with Crippen molar-refractivity contribution in [2.24, 2.45) is 5.73 Å². The van der Waals surface area contributed by atoms with Gasteiger partial charge in [-0.3, -0.25) is 14.4 Å². The van der Waals surface area contributed by atoms with Gasteiger partial charge in [0.1, 0.15) is 6.04 Å². The molecule has 2 amide bonds. The van der Waals surface area contributed by atoms with Crippen LogP contribution in [-0.2, 0) is 27.3 Å². The second-order valence-corrected chi connectivity index (χ2v) is 9.97.